The monoisotopic (exact) mass is 1800 g/mol. The van der Waals surface area contributed by atoms with Crippen molar-refractivity contribution >= 4 is 140 Å². The summed E-state index contributed by atoms with van der Waals surface area (Å²) < 4.78 is 77.4. The molecule has 5 fully saturated rings. The van der Waals surface area contributed by atoms with Crippen LogP contribution < -0.4 is 40.7 Å². The van der Waals surface area contributed by atoms with Gasteiger partial charge in [0.15, 0.2) is 20.7 Å². The maximum Gasteiger partial charge on any atom is 0.415 e. The first-order valence-electron chi connectivity index (χ1n) is 40.3. The van der Waals surface area contributed by atoms with Crippen molar-refractivity contribution in [3.05, 3.63) is 138 Å². The summed E-state index contributed by atoms with van der Waals surface area (Å²) in [6.07, 6.45) is 13.2. The van der Waals surface area contributed by atoms with Crippen molar-refractivity contribution in [2.45, 2.75) is 114 Å². The maximum atomic E-state index is 14.0. The van der Waals surface area contributed by atoms with Crippen molar-refractivity contribution in [1.82, 2.24) is 76.0 Å². The molecule has 676 valence electrons. The number of benzene rings is 4. The number of nitrogens with one attached hydrogen (secondary N) is 4. The molecule has 4 aromatic rings. The molecule has 1 atom stereocenters. The van der Waals surface area contributed by atoms with Gasteiger partial charge in [-0.3, -0.25) is 44.1 Å². The van der Waals surface area contributed by atoms with E-state index in [2.05, 4.69) is 79.2 Å². The van der Waals surface area contributed by atoms with Crippen molar-refractivity contribution in [3.8, 4) is 23.0 Å². The lowest BCUT2D eigenvalue weighted by molar-refractivity contribution is -0.114. The van der Waals surface area contributed by atoms with E-state index in [0.29, 0.717) is 101 Å². The molecule has 0 spiro atoms. The number of hydrogen-bond acceptors (Lipinski definition) is 27. The number of likely N-dealkylation sites (tertiary alicyclic amines) is 1. The largest absolute Gasteiger partial charge is 0.415 e. The van der Waals surface area contributed by atoms with Crippen molar-refractivity contribution in [2.24, 2.45) is 20.0 Å². The van der Waals surface area contributed by atoms with E-state index < -0.39 is 65.4 Å². The number of carbonyl (C=O) groups excluding carboxylic acids is 8. The second kappa shape index (κ2) is 49.9. The fourth-order valence-electron chi connectivity index (χ4n) is 12.9. The predicted molar refractivity (Wildman–Crippen MR) is 486 cm³/mol. The van der Waals surface area contributed by atoms with Crippen LogP contribution in [0.2, 0.25) is 0 Å². The minimum absolute atomic E-state index is 0. The van der Waals surface area contributed by atoms with Crippen LogP contribution in [0, 0.1) is 23.3 Å². The van der Waals surface area contributed by atoms with Crippen LogP contribution in [0.15, 0.2) is 112 Å². The third-order valence-electron chi connectivity index (χ3n) is 19.9. The Hall–Kier alpha value is -9.68. The van der Waals surface area contributed by atoms with Crippen LogP contribution in [0.1, 0.15) is 130 Å². The molecule has 4 N–H and O–H groups in total. The Labute approximate surface area is 741 Å². The van der Waals surface area contributed by atoms with Gasteiger partial charge in [0, 0.05) is 148 Å². The SMILES string of the molecule is C.C.C.CCN(CC)CCN(C)C(=O)Oc1ccc(F)cc1/C=C1\SC(N2CCCCN2)=NC1=O.CCN(CC)[C@H]1CCN(C(=O)Oc2ccc(F)cc2/C=C2\SC(N3CCCCN3)=NC2=O)C1.CN(C)C(=O)Oc1ccc(F)cc1/C=C1\SC(N2CCCCN2)=NC1=O.CN(C)CCN(C)C(=O)Oc1ccc(F)cc1/C=C1\SC(N2CCCCN2)=NC1=O. The zero-order valence-corrected chi connectivity index (χ0v) is 72.9. The second-order valence-corrected chi connectivity index (χ2v) is 33.2. The summed E-state index contributed by atoms with van der Waals surface area (Å²) in [4.78, 5) is 129. The lowest BCUT2D eigenvalue weighted by Crippen LogP contribution is -2.45. The fourth-order valence-corrected chi connectivity index (χ4v) is 16.6. The normalized spacial score (nSPS) is 18.9. The number of ether oxygens (including phenoxy) is 4. The molecular weight excluding hydrogens is 1680 g/mol. The molecule has 0 bridgehead atoms. The van der Waals surface area contributed by atoms with E-state index in [-0.39, 0.29) is 51.2 Å². The molecule has 8 amide bonds. The summed E-state index contributed by atoms with van der Waals surface area (Å²) in [6.45, 7) is 22.1. The summed E-state index contributed by atoms with van der Waals surface area (Å²) in [5, 5.41) is 9.76. The van der Waals surface area contributed by atoms with Gasteiger partial charge in [0.2, 0.25) is 0 Å². The number of aliphatic imine (C=N–C) groups is 4. The topological polar surface area (TPSA) is 307 Å². The van der Waals surface area contributed by atoms with Gasteiger partial charge >= 0.3 is 24.4 Å². The van der Waals surface area contributed by atoms with Gasteiger partial charge in [-0.15, -0.1) is 0 Å². The minimum atomic E-state index is -0.587. The number of carbonyl (C=O) groups is 8. The molecule has 0 unspecified atom stereocenters. The number of hydrazine groups is 4. The molecule has 4 aromatic carbocycles. The van der Waals surface area contributed by atoms with E-state index >= 15 is 0 Å². The van der Waals surface area contributed by atoms with E-state index in [4.69, 9.17) is 18.9 Å². The first kappa shape index (κ1) is 101. The summed E-state index contributed by atoms with van der Waals surface area (Å²) in [6, 6.07) is 15.7. The number of halogens is 4. The molecule has 9 heterocycles. The zero-order chi connectivity index (χ0) is 86.8. The van der Waals surface area contributed by atoms with Crippen molar-refractivity contribution in [3.63, 3.8) is 0 Å². The van der Waals surface area contributed by atoms with E-state index in [1.54, 1.807) is 39.2 Å². The first-order chi connectivity index (χ1) is 58.1. The molecule has 9 aliphatic heterocycles. The zero-order valence-electron chi connectivity index (χ0n) is 69.7. The van der Waals surface area contributed by atoms with E-state index in [9.17, 15) is 55.9 Å². The number of likely N-dealkylation sites (N-methyl/N-ethyl adjacent to an activating group) is 5. The van der Waals surface area contributed by atoms with Gasteiger partial charge in [-0.25, -0.2) is 58.4 Å². The highest BCUT2D eigenvalue weighted by atomic mass is 32.2. The van der Waals surface area contributed by atoms with Crippen LogP contribution >= 0.6 is 47.0 Å². The van der Waals surface area contributed by atoms with Gasteiger partial charge in [-0.05, 0) is 242 Å². The third-order valence-corrected chi connectivity index (χ3v) is 23.9. The molecule has 0 aromatic heterocycles. The van der Waals surface area contributed by atoms with Gasteiger partial charge in [0.1, 0.15) is 46.3 Å². The van der Waals surface area contributed by atoms with Crippen LogP contribution in [-0.2, 0) is 19.2 Å². The van der Waals surface area contributed by atoms with Crippen molar-refractivity contribution in [1.29, 1.82) is 0 Å². The maximum absolute atomic E-state index is 14.0. The molecule has 39 heteroatoms. The Balaban J connectivity index is 0.000000226. The summed E-state index contributed by atoms with van der Waals surface area (Å²) in [5.74, 6) is -2.74. The Morgan fingerprint density at radius 2 is 0.726 bits per heavy atom. The Kier molecular flexibility index (Phi) is 40.8. The van der Waals surface area contributed by atoms with Gasteiger partial charge in [-0.1, -0.05) is 50.0 Å². The molecule has 124 heavy (non-hydrogen) atoms. The fraction of sp³-hybridized carbons (Fsp3) is 0.482. The molecule has 0 saturated carbocycles. The van der Waals surface area contributed by atoms with Gasteiger partial charge in [0.05, 0.1) is 19.6 Å². The molecule has 0 radical (unpaired) electrons. The highest BCUT2D eigenvalue weighted by Crippen LogP contribution is 2.38. The Morgan fingerprint density at radius 3 is 1.01 bits per heavy atom. The molecule has 0 aliphatic carbocycles. The molecule has 31 nitrogen and oxygen atoms in total. The third kappa shape index (κ3) is 29.5. The highest BCUT2D eigenvalue weighted by molar-refractivity contribution is 8.19. The number of thioether (sulfide) groups is 4. The van der Waals surface area contributed by atoms with Gasteiger partial charge in [0.25, 0.3) is 23.6 Å². The lowest BCUT2D eigenvalue weighted by atomic mass is 10.2. The number of hydrogen-bond donors (Lipinski definition) is 4. The summed E-state index contributed by atoms with van der Waals surface area (Å²) >= 11 is 4.88. The van der Waals surface area contributed by atoms with E-state index in [0.717, 1.165) is 143 Å². The lowest BCUT2D eigenvalue weighted by Gasteiger charge is -2.28. The average Bonchev–Trinajstić information content (AvgIpc) is 1.66. The van der Waals surface area contributed by atoms with E-state index in [1.165, 1.54) is 153 Å². The Bertz CT molecular complexity index is 4660. The molecule has 5 saturated heterocycles. The molecule has 9 aliphatic rings. The van der Waals surface area contributed by atoms with Crippen LogP contribution in [0.5, 0.6) is 23.0 Å². The van der Waals surface area contributed by atoms with Crippen LogP contribution in [0.3, 0.4) is 0 Å². The summed E-state index contributed by atoms with van der Waals surface area (Å²) in [5.41, 5.74) is 14.1. The first-order valence-corrected chi connectivity index (χ1v) is 43.6. The number of nitrogens with zero attached hydrogens (tertiary/aromatic N) is 15. The quantitative estimate of drug-likeness (QED) is 0.0501. The number of amides is 8. The van der Waals surface area contributed by atoms with Crippen LogP contribution in [0.4, 0.5) is 36.7 Å². The van der Waals surface area contributed by atoms with Crippen molar-refractivity contribution in [2.75, 3.05) is 160 Å². The smallest absolute Gasteiger partial charge is 0.410 e. The van der Waals surface area contributed by atoms with Gasteiger partial charge in [-0.2, -0.15) is 20.0 Å². The molecule has 13 rings (SSSR count). The number of rotatable bonds is 19. The standard InChI is InChI=1S/C23H30FN5O3S.C22H30FN5O3S.C20H26FN5O3S.C17H19FN4O3S.3CH4/c1-3-27(4-2)18-9-12-28(15-18)23(31)32-19-8-7-17(24)13-16(19)14-20-21(30)26-22(33-20)29-11-6-5-10-25-29;1-4-27(5-2)13-12-26(3)22(30)31-18-9-8-17(23)14-16(18)15-19-20(29)25-21(32-19)28-11-7-6-10-24-28;1-24(2)10-11-25(3)20(28)29-16-7-6-15(21)12-14(16)13-17-18(27)23-19(30-17)26-9-5-4-8-22-26;1-21(2)17(24)25-13-6-5-12(18)9-11(13)10-14-15(23)20-16(26-14)22-8-4-3-7-19-22;;;/h7-8,13-14,18,25H,3-6,9-12,15H2,1-2H3;8-9,14-15,24H,4-7,10-13H2,1-3H3;6-7,12-13,22H,4-5,8-11H2,1-3H3;5-6,9-10,19H,3-4,7-8H2,1-2H3;3*1H4/b20-14-;19-15-;17-13-;14-10-;;;/t18-;;;;;;/m0....../s1. The van der Waals surface area contributed by atoms with Crippen molar-refractivity contribution < 1.29 is 74.9 Å². The van der Waals surface area contributed by atoms with Crippen LogP contribution in [0.25, 0.3) is 24.3 Å². The Morgan fingerprint density at radius 1 is 0.419 bits per heavy atom. The second-order valence-electron chi connectivity index (χ2n) is 29.2. The average molecular weight is 1800 g/mol. The van der Waals surface area contributed by atoms with Gasteiger partial charge < -0.3 is 48.3 Å². The minimum Gasteiger partial charge on any atom is -0.410 e. The highest BCUT2D eigenvalue weighted by Gasteiger charge is 2.35. The molecular formula is C85H117F4N19O12S4. The summed E-state index contributed by atoms with van der Waals surface area (Å²) in [7, 11) is 10.2. The number of amidine groups is 4. The van der Waals surface area contributed by atoms with E-state index in [1.807, 2.05) is 39.0 Å². The predicted octanol–water partition coefficient (Wildman–Crippen LogP) is 13.2. The van der Waals surface area contributed by atoms with Crippen LogP contribution in [-0.4, -0.2) is 289 Å².